The number of fused-ring (bicyclic) bond motifs is 2. The number of amides is 3. The van der Waals surface area contributed by atoms with Gasteiger partial charge in [-0.2, -0.15) is 0 Å². The van der Waals surface area contributed by atoms with Gasteiger partial charge in [0.15, 0.2) is 0 Å². The van der Waals surface area contributed by atoms with Gasteiger partial charge in [-0.3, -0.25) is 14.4 Å². The smallest absolute Gasteiger partial charge is 0.249 e. The van der Waals surface area contributed by atoms with Crippen molar-refractivity contribution in [3.8, 4) is 0 Å². The third kappa shape index (κ3) is 3.93. The molecule has 2 unspecified atom stereocenters. The number of rotatable bonds is 7. The highest BCUT2D eigenvalue weighted by molar-refractivity contribution is 6.00. The molecule has 7 atom stereocenters. The minimum atomic E-state index is -1.27. The van der Waals surface area contributed by atoms with Gasteiger partial charge < -0.3 is 24.5 Å². The molecule has 0 aliphatic carbocycles. The van der Waals surface area contributed by atoms with E-state index >= 15 is 0 Å². The topological polar surface area (TPSA) is 90.4 Å². The number of nitrogens with zero attached hydrogens (tertiary/aromatic N) is 3. The number of aliphatic hydroxyl groups excluding tert-OH is 1. The average Bonchev–Trinajstić information content (AvgIpc) is 3.07. The van der Waals surface area contributed by atoms with E-state index in [1.807, 2.05) is 56.9 Å². The lowest BCUT2D eigenvalue weighted by atomic mass is 9.74. The van der Waals surface area contributed by atoms with Crippen molar-refractivity contribution < 1.29 is 24.2 Å². The van der Waals surface area contributed by atoms with Crippen molar-refractivity contribution in [2.75, 3.05) is 26.7 Å². The van der Waals surface area contributed by atoms with Crippen LogP contribution in [-0.4, -0.2) is 93.6 Å². The van der Waals surface area contributed by atoms with Gasteiger partial charge in [-0.1, -0.05) is 51.5 Å². The lowest BCUT2D eigenvalue weighted by molar-refractivity contribution is -0.157. The van der Waals surface area contributed by atoms with Crippen molar-refractivity contribution in [1.29, 1.82) is 0 Å². The summed E-state index contributed by atoms with van der Waals surface area (Å²) in [7, 11) is 1.73. The molecule has 4 aliphatic rings. The van der Waals surface area contributed by atoms with Gasteiger partial charge in [0.1, 0.15) is 11.6 Å². The Kier molecular flexibility index (Phi) is 6.92. The summed E-state index contributed by atoms with van der Waals surface area (Å²) in [6.07, 6.45) is 9.93. The van der Waals surface area contributed by atoms with Crippen LogP contribution in [0.4, 0.5) is 0 Å². The van der Waals surface area contributed by atoms with Crippen LogP contribution in [0, 0.1) is 17.8 Å². The van der Waals surface area contributed by atoms with Crippen LogP contribution in [0.3, 0.4) is 0 Å². The molecule has 4 heterocycles. The molecule has 0 aromatic carbocycles. The SMILES string of the molecule is CCCC(C)N1CC=C[C@]23O[C@]4(C)C=CCN(C)C(=O)[C@@H]4[C@H]2C(=O)N([C@@H](CO)CC(C)C)C3C1=O. The van der Waals surface area contributed by atoms with Gasteiger partial charge in [-0.15, -0.1) is 0 Å². The summed E-state index contributed by atoms with van der Waals surface area (Å²) >= 11 is 0. The van der Waals surface area contributed by atoms with Crippen molar-refractivity contribution >= 4 is 17.7 Å². The largest absolute Gasteiger partial charge is 0.394 e. The molecule has 2 fully saturated rings. The van der Waals surface area contributed by atoms with Crippen LogP contribution >= 0.6 is 0 Å². The van der Waals surface area contributed by atoms with E-state index in [2.05, 4.69) is 6.92 Å². The van der Waals surface area contributed by atoms with Crippen LogP contribution in [0.5, 0.6) is 0 Å². The predicted octanol–water partition coefficient (Wildman–Crippen LogP) is 1.98. The fourth-order valence-corrected chi connectivity index (χ4v) is 6.78. The molecule has 2 saturated heterocycles. The lowest BCUT2D eigenvalue weighted by Crippen LogP contribution is -2.59. The molecule has 3 amide bonds. The Bertz CT molecular complexity index is 932. The number of carbonyl (C=O) groups is 3. The number of ether oxygens (including phenoxy) is 1. The number of likely N-dealkylation sites (tertiary alicyclic amines) is 1. The second-order valence-electron chi connectivity index (χ2n) is 11.4. The van der Waals surface area contributed by atoms with Crippen molar-refractivity contribution in [2.24, 2.45) is 17.8 Å². The van der Waals surface area contributed by atoms with E-state index < -0.39 is 35.1 Å². The summed E-state index contributed by atoms with van der Waals surface area (Å²) in [5.74, 6) is -1.97. The van der Waals surface area contributed by atoms with Gasteiger partial charge in [0.05, 0.1) is 30.1 Å². The van der Waals surface area contributed by atoms with E-state index in [4.69, 9.17) is 4.74 Å². The number of hydrogen-bond donors (Lipinski definition) is 1. The molecule has 0 bridgehead atoms. The van der Waals surface area contributed by atoms with E-state index in [0.29, 0.717) is 19.5 Å². The molecule has 1 N–H and O–H groups in total. The molecule has 0 radical (unpaired) electrons. The third-order valence-electron chi connectivity index (χ3n) is 8.31. The maximum Gasteiger partial charge on any atom is 0.249 e. The van der Waals surface area contributed by atoms with Crippen LogP contribution in [0.2, 0.25) is 0 Å². The van der Waals surface area contributed by atoms with Crippen LogP contribution in [0.1, 0.15) is 53.9 Å². The first-order valence-corrected chi connectivity index (χ1v) is 13.1. The standard InChI is InChI=1S/C27H41N3O5/c1-7-10-18(4)29-14-9-12-27-21(20-23(32)28(6)13-8-11-26(20,5)35-27)24(33)30(22(27)25(29)34)19(16-31)15-17(2)3/h8-9,11-12,17-22,31H,7,10,13-16H2,1-6H3/t18?,19-,20+,21+,22?,26-,27+/m1/s1. The fourth-order valence-electron chi connectivity index (χ4n) is 6.78. The van der Waals surface area contributed by atoms with Crippen molar-refractivity contribution in [3.05, 3.63) is 24.3 Å². The lowest BCUT2D eigenvalue weighted by Gasteiger charge is -2.41. The Balaban J connectivity index is 1.89. The van der Waals surface area contributed by atoms with Gasteiger partial charge in [-0.25, -0.2) is 0 Å². The number of likely N-dealkylation sites (N-methyl/N-ethyl adjacent to an activating group) is 1. The van der Waals surface area contributed by atoms with Crippen LogP contribution < -0.4 is 0 Å². The van der Waals surface area contributed by atoms with Gasteiger partial charge >= 0.3 is 0 Å². The van der Waals surface area contributed by atoms with E-state index in [-0.39, 0.29) is 36.3 Å². The summed E-state index contributed by atoms with van der Waals surface area (Å²) in [5, 5.41) is 10.4. The molecule has 8 nitrogen and oxygen atoms in total. The molecular weight excluding hydrogens is 446 g/mol. The molecule has 4 aliphatic heterocycles. The highest BCUT2D eigenvalue weighted by Gasteiger charge is 2.75. The zero-order chi connectivity index (χ0) is 25.7. The Hall–Kier alpha value is -2.19. The van der Waals surface area contributed by atoms with Crippen LogP contribution in [-0.2, 0) is 19.1 Å². The molecule has 0 aromatic rings. The number of aliphatic hydroxyl groups is 1. The highest BCUT2D eigenvalue weighted by Crippen LogP contribution is 2.58. The summed E-state index contributed by atoms with van der Waals surface area (Å²) in [5.41, 5.74) is -2.27. The summed E-state index contributed by atoms with van der Waals surface area (Å²) in [6.45, 7) is 10.7. The van der Waals surface area contributed by atoms with Gasteiger partial charge in [0.2, 0.25) is 17.7 Å². The second kappa shape index (κ2) is 9.36. The predicted molar refractivity (Wildman–Crippen MR) is 132 cm³/mol. The molecule has 35 heavy (non-hydrogen) atoms. The van der Waals surface area contributed by atoms with Crippen molar-refractivity contribution in [3.63, 3.8) is 0 Å². The fraction of sp³-hybridized carbons (Fsp3) is 0.741. The van der Waals surface area contributed by atoms with Gasteiger partial charge in [-0.05, 0) is 32.6 Å². The first kappa shape index (κ1) is 25.9. The normalized spacial score (nSPS) is 36.3. The number of hydrogen-bond acceptors (Lipinski definition) is 5. The van der Waals surface area contributed by atoms with Crippen molar-refractivity contribution in [1.82, 2.24) is 14.7 Å². The maximum absolute atomic E-state index is 14.3. The maximum atomic E-state index is 14.3. The monoisotopic (exact) mass is 487 g/mol. The molecule has 4 rings (SSSR count). The molecule has 8 heteroatoms. The molecular formula is C27H41N3O5. The minimum absolute atomic E-state index is 0.00361. The quantitative estimate of drug-likeness (QED) is 0.555. The summed E-state index contributed by atoms with van der Waals surface area (Å²) in [6, 6.07) is -1.46. The Morgan fingerprint density at radius 2 is 1.74 bits per heavy atom. The zero-order valence-electron chi connectivity index (χ0n) is 21.9. The van der Waals surface area contributed by atoms with E-state index in [0.717, 1.165) is 12.8 Å². The van der Waals surface area contributed by atoms with E-state index in [1.54, 1.807) is 16.8 Å². The zero-order valence-corrected chi connectivity index (χ0v) is 21.9. The number of carbonyl (C=O) groups excluding carboxylic acids is 3. The first-order chi connectivity index (χ1) is 16.5. The summed E-state index contributed by atoms with van der Waals surface area (Å²) in [4.78, 5) is 47.2. The first-order valence-electron chi connectivity index (χ1n) is 13.1. The highest BCUT2D eigenvalue weighted by atomic mass is 16.5. The Labute approximate surface area is 208 Å². The summed E-state index contributed by atoms with van der Waals surface area (Å²) < 4.78 is 6.79. The Morgan fingerprint density at radius 1 is 1.06 bits per heavy atom. The second-order valence-corrected chi connectivity index (χ2v) is 11.4. The van der Waals surface area contributed by atoms with E-state index in [1.165, 1.54) is 0 Å². The third-order valence-corrected chi connectivity index (χ3v) is 8.31. The van der Waals surface area contributed by atoms with Gasteiger partial charge in [0, 0.05) is 26.2 Å². The molecule has 0 aromatic heterocycles. The van der Waals surface area contributed by atoms with E-state index in [9.17, 15) is 19.5 Å². The van der Waals surface area contributed by atoms with Crippen LogP contribution in [0.15, 0.2) is 24.3 Å². The Morgan fingerprint density at radius 3 is 2.37 bits per heavy atom. The molecule has 1 spiro atoms. The molecule has 194 valence electrons. The van der Waals surface area contributed by atoms with Crippen LogP contribution in [0.25, 0.3) is 0 Å². The van der Waals surface area contributed by atoms with Gasteiger partial charge in [0.25, 0.3) is 0 Å². The average molecular weight is 488 g/mol. The minimum Gasteiger partial charge on any atom is -0.394 e. The molecule has 0 saturated carbocycles. The van der Waals surface area contributed by atoms with Crippen molar-refractivity contribution in [2.45, 2.75) is 83.2 Å².